The minimum absolute atomic E-state index is 0.0589. The Morgan fingerprint density at radius 1 is 1.25 bits per heavy atom. The number of amides is 1. The number of aliphatic hydroxyl groups is 1. The van der Waals surface area contributed by atoms with E-state index in [1.807, 2.05) is 52.0 Å². The van der Waals surface area contributed by atoms with Gasteiger partial charge in [-0.1, -0.05) is 29.8 Å². The van der Waals surface area contributed by atoms with Crippen LogP contribution in [0, 0.1) is 20.8 Å². The Balaban J connectivity index is 1.94. The first-order chi connectivity index (χ1) is 11.4. The summed E-state index contributed by atoms with van der Waals surface area (Å²) in [6.45, 7) is 8.78. The molecule has 2 aromatic rings. The topological polar surface area (TPSA) is 69.2 Å². The van der Waals surface area contributed by atoms with E-state index in [-0.39, 0.29) is 5.91 Å². The van der Waals surface area contributed by atoms with Crippen LogP contribution in [0.2, 0.25) is 0 Å². The Morgan fingerprint density at radius 3 is 2.46 bits per heavy atom. The van der Waals surface area contributed by atoms with Crippen LogP contribution in [0.15, 0.2) is 24.3 Å². The van der Waals surface area contributed by atoms with E-state index in [0.29, 0.717) is 25.9 Å². The number of aryl methyl sites for hydroxylation is 3. The number of aromatic nitrogens is 2. The van der Waals surface area contributed by atoms with E-state index in [2.05, 4.69) is 10.2 Å². The summed E-state index contributed by atoms with van der Waals surface area (Å²) in [4.78, 5) is 14.2. The monoisotopic (exact) mass is 329 g/mol. The molecule has 0 radical (unpaired) electrons. The molecule has 0 aliphatic heterocycles. The SMILES string of the molecule is CCN(CC(O)c1ccc(C)cc1)C(=O)CCc1c(C)n[nH]c1C. The molecule has 0 spiro atoms. The molecule has 130 valence electrons. The quantitative estimate of drug-likeness (QED) is 0.820. The highest BCUT2D eigenvalue weighted by molar-refractivity contribution is 5.76. The van der Waals surface area contributed by atoms with E-state index < -0.39 is 6.10 Å². The molecule has 24 heavy (non-hydrogen) atoms. The van der Waals surface area contributed by atoms with Crippen LogP contribution in [0.3, 0.4) is 0 Å². The predicted molar refractivity (Wildman–Crippen MR) is 94.8 cm³/mol. The highest BCUT2D eigenvalue weighted by Crippen LogP contribution is 2.17. The van der Waals surface area contributed by atoms with Gasteiger partial charge < -0.3 is 10.0 Å². The molecule has 0 bridgehead atoms. The molecule has 0 aliphatic rings. The molecule has 2 N–H and O–H groups in total. The summed E-state index contributed by atoms with van der Waals surface area (Å²) in [5.74, 6) is 0.0589. The number of nitrogens with one attached hydrogen (secondary N) is 1. The van der Waals surface area contributed by atoms with Gasteiger partial charge >= 0.3 is 0 Å². The number of hydrogen-bond donors (Lipinski definition) is 2. The summed E-state index contributed by atoms with van der Waals surface area (Å²) < 4.78 is 0. The lowest BCUT2D eigenvalue weighted by molar-refractivity contribution is -0.132. The van der Waals surface area contributed by atoms with Crippen molar-refractivity contribution in [2.75, 3.05) is 13.1 Å². The molecule has 1 unspecified atom stereocenters. The normalized spacial score (nSPS) is 12.2. The fraction of sp³-hybridized carbons (Fsp3) is 0.474. The van der Waals surface area contributed by atoms with Crippen molar-refractivity contribution < 1.29 is 9.90 Å². The molecular weight excluding hydrogens is 302 g/mol. The Kier molecular flexibility index (Phi) is 6.15. The molecule has 1 aromatic heterocycles. The van der Waals surface area contributed by atoms with Gasteiger partial charge in [-0.15, -0.1) is 0 Å². The fourth-order valence-electron chi connectivity index (χ4n) is 2.84. The van der Waals surface area contributed by atoms with Crippen molar-refractivity contribution in [3.63, 3.8) is 0 Å². The van der Waals surface area contributed by atoms with Crippen LogP contribution in [0.25, 0.3) is 0 Å². The van der Waals surface area contributed by atoms with E-state index >= 15 is 0 Å². The van der Waals surface area contributed by atoms with Crippen LogP contribution in [0.5, 0.6) is 0 Å². The van der Waals surface area contributed by atoms with Crippen molar-refractivity contribution in [1.29, 1.82) is 0 Å². The molecule has 1 atom stereocenters. The minimum atomic E-state index is -0.660. The lowest BCUT2D eigenvalue weighted by atomic mass is 10.1. The molecule has 0 fully saturated rings. The molecule has 2 rings (SSSR count). The van der Waals surface area contributed by atoms with Crippen LogP contribution in [-0.4, -0.2) is 39.2 Å². The van der Waals surface area contributed by atoms with Crippen molar-refractivity contribution in [3.8, 4) is 0 Å². The molecule has 0 saturated heterocycles. The van der Waals surface area contributed by atoms with Gasteiger partial charge in [0.2, 0.25) is 5.91 Å². The molecule has 5 nitrogen and oxygen atoms in total. The summed E-state index contributed by atoms with van der Waals surface area (Å²) in [7, 11) is 0. The number of aliphatic hydroxyl groups excluding tert-OH is 1. The first-order valence-electron chi connectivity index (χ1n) is 8.45. The zero-order chi connectivity index (χ0) is 17.7. The largest absolute Gasteiger partial charge is 0.387 e. The Labute approximate surface area is 143 Å². The summed E-state index contributed by atoms with van der Waals surface area (Å²) in [5, 5.41) is 17.5. The standard InChI is InChI=1S/C19H27N3O2/c1-5-22(12-18(23)16-8-6-13(2)7-9-16)19(24)11-10-17-14(3)20-21-15(17)4/h6-9,18,23H,5,10-12H2,1-4H3,(H,20,21). The number of H-pyrrole nitrogens is 1. The minimum Gasteiger partial charge on any atom is -0.387 e. The third kappa shape index (κ3) is 4.45. The molecule has 5 heteroatoms. The summed E-state index contributed by atoms with van der Waals surface area (Å²) in [6, 6.07) is 7.77. The van der Waals surface area contributed by atoms with Gasteiger partial charge in [0, 0.05) is 18.7 Å². The number of carbonyl (C=O) groups excluding carboxylic acids is 1. The fourth-order valence-corrected chi connectivity index (χ4v) is 2.84. The van der Waals surface area contributed by atoms with Crippen molar-refractivity contribution >= 4 is 5.91 Å². The zero-order valence-corrected chi connectivity index (χ0v) is 15.0. The smallest absolute Gasteiger partial charge is 0.222 e. The van der Waals surface area contributed by atoms with Crippen LogP contribution >= 0.6 is 0 Å². The maximum atomic E-state index is 12.5. The van der Waals surface area contributed by atoms with Gasteiger partial charge in [0.15, 0.2) is 0 Å². The van der Waals surface area contributed by atoms with Gasteiger partial charge in [0.1, 0.15) is 0 Å². The molecule has 1 amide bonds. The van der Waals surface area contributed by atoms with Gasteiger partial charge in [-0.25, -0.2) is 0 Å². The van der Waals surface area contributed by atoms with Crippen LogP contribution in [0.1, 0.15) is 47.5 Å². The molecule has 0 saturated carbocycles. The maximum Gasteiger partial charge on any atom is 0.222 e. The Hall–Kier alpha value is -2.14. The van der Waals surface area contributed by atoms with Crippen molar-refractivity contribution in [2.24, 2.45) is 0 Å². The average molecular weight is 329 g/mol. The third-order valence-electron chi connectivity index (χ3n) is 4.46. The van der Waals surface area contributed by atoms with E-state index in [1.165, 1.54) is 0 Å². The number of carbonyl (C=O) groups is 1. The number of rotatable bonds is 7. The lowest BCUT2D eigenvalue weighted by Crippen LogP contribution is -2.34. The van der Waals surface area contributed by atoms with Crippen molar-refractivity contribution in [1.82, 2.24) is 15.1 Å². The average Bonchev–Trinajstić information content (AvgIpc) is 2.89. The Morgan fingerprint density at radius 2 is 1.92 bits per heavy atom. The number of aromatic amines is 1. The second-order valence-electron chi connectivity index (χ2n) is 6.27. The van der Waals surface area contributed by atoms with Crippen LogP contribution < -0.4 is 0 Å². The van der Waals surface area contributed by atoms with Gasteiger partial charge in [0.05, 0.1) is 18.3 Å². The maximum absolute atomic E-state index is 12.5. The van der Waals surface area contributed by atoms with Crippen molar-refractivity contribution in [2.45, 2.75) is 46.6 Å². The van der Waals surface area contributed by atoms with Gasteiger partial charge in [-0.2, -0.15) is 5.10 Å². The summed E-state index contributed by atoms with van der Waals surface area (Å²) in [5.41, 5.74) is 5.07. The second-order valence-corrected chi connectivity index (χ2v) is 6.27. The Bertz CT molecular complexity index is 657. The number of hydrogen-bond acceptors (Lipinski definition) is 3. The summed E-state index contributed by atoms with van der Waals surface area (Å²) >= 11 is 0. The van der Waals surface area contributed by atoms with E-state index in [1.54, 1.807) is 4.90 Å². The van der Waals surface area contributed by atoms with Gasteiger partial charge in [-0.3, -0.25) is 9.89 Å². The first-order valence-corrected chi connectivity index (χ1v) is 8.45. The van der Waals surface area contributed by atoms with Crippen LogP contribution in [0.4, 0.5) is 0 Å². The highest BCUT2D eigenvalue weighted by atomic mass is 16.3. The first kappa shape index (κ1) is 18.2. The summed E-state index contributed by atoms with van der Waals surface area (Å²) in [6.07, 6.45) is 0.437. The van der Waals surface area contributed by atoms with Gasteiger partial charge in [0.25, 0.3) is 0 Å². The van der Waals surface area contributed by atoms with Crippen LogP contribution in [-0.2, 0) is 11.2 Å². The highest BCUT2D eigenvalue weighted by Gasteiger charge is 2.18. The number of likely N-dealkylation sites (N-methyl/N-ethyl adjacent to an activating group) is 1. The van der Waals surface area contributed by atoms with Gasteiger partial charge in [-0.05, 0) is 45.2 Å². The second kappa shape index (κ2) is 8.11. The predicted octanol–water partition coefficient (Wildman–Crippen LogP) is 2.85. The molecular formula is C19H27N3O2. The number of benzene rings is 1. The molecule has 1 heterocycles. The third-order valence-corrected chi connectivity index (χ3v) is 4.46. The number of nitrogens with zero attached hydrogens (tertiary/aromatic N) is 2. The van der Waals surface area contributed by atoms with Crippen molar-refractivity contribution in [3.05, 3.63) is 52.3 Å². The molecule has 0 aliphatic carbocycles. The zero-order valence-electron chi connectivity index (χ0n) is 15.0. The van der Waals surface area contributed by atoms with E-state index in [0.717, 1.165) is 28.1 Å². The lowest BCUT2D eigenvalue weighted by Gasteiger charge is -2.24. The molecule has 1 aromatic carbocycles. The van der Waals surface area contributed by atoms with E-state index in [4.69, 9.17) is 0 Å². The van der Waals surface area contributed by atoms with E-state index in [9.17, 15) is 9.90 Å².